The van der Waals surface area contributed by atoms with Crippen LogP contribution in [-0.2, 0) is 19.4 Å². The minimum absolute atomic E-state index is 0.200. The highest BCUT2D eigenvalue weighted by molar-refractivity contribution is 7.91. The lowest BCUT2D eigenvalue weighted by atomic mass is 10.1. The molecule has 0 unspecified atom stereocenters. The number of nitrogens with one attached hydrogen (secondary N) is 1. The number of benzene rings is 1. The van der Waals surface area contributed by atoms with E-state index in [1.54, 1.807) is 36.0 Å². The number of halogens is 1. The average Bonchev–Trinajstić information content (AvgIpc) is 3.32. The fraction of sp³-hybridized carbons (Fsp3) is 0.208. The van der Waals surface area contributed by atoms with Crippen molar-refractivity contribution in [2.45, 2.75) is 24.4 Å². The van der Waals surface area contributed by atoms with E-state index in [0.717, 1.165) is 0 Å². The summed E-state index contributed by atoms with van der Waals surface area (Å²) in [5.74, 6) is -1.90. The van der Waals surface area contributed by atoms with Crippen LogP contribution in [-0.4, -0.2) is 52.9 Å². The highest BCUT2D eigenvalue weighted by atomic mass is 32.2. The zero-order chi connectivity index (χ0) is 25.9. The van der Waals surface area contributed by atoms with Crippen LogP contribution in [0.3, 0.4) is 0 Å². The number of sulfone groups is 1. The molecule has 10 nitrogen and oxygen atoms in total. The standard InChI is InChI=1S/C24H22FN5O5S/c1-15(16-7-9-27-22(11-16)36(33,34)10-8-23(31)35-2)29-24(32)20-12-26-14-21-19(20)13-28-30(21)18-5-3-17(25)4-6-18/h3-7,9,11-15H,8,10H2,1-2H3,(H,29,32)/t15-/m0/s1. The molecule has 3 aromatic heterocycles. The molecule has 1 amide bonds. The molecule has 0 fully saturated rings. The molecule has 12 heteroatoms. The topological polar surface area (TPSA) is 133 Å². The van der Waals surface area contributed by atoms with Gasteiger partial charge in [-0.25, -0.2) is 22.5 Å². The summed E-state index contributed by atoms with van der Waals surface area (Å²) in [5, 5.41) is 7.50. The number of ether oxygens (including phenoxy) is 1. The number of nitrogens with zero attached hydrogens (tertiary/aromatic N) is 4. The number of hydrogen-bond acceptors (Lipinski definition) is 8. The molecular formula is C24H22FN5O5S. The highest BCUT2D eigenvalue weighted by Crippen LogP contribution is 2.23. The third-order valence-electron chi connectivity index (χ3n) is 5.54. The van der Waals surface area contributed by atoms with Crippen molar-refractivity contribution in [3.63, 3.8) is 0 Å². The van der Waals surface area contributed by atoms with E-state index in [-0.39, 0.29) is 22.8 Å². The van der Waals surface area contributed by atoms with Gasteiger partial charge in [0.1, 0.15) is 5.82 Å². The van der Waals surface area contributed by atoms with Crippen LogP contribution < -0.4 is 5.32 Å². The molecule has 1 atom stereocenters. The predicted octanol–water partition coefficient (Wildman–Crippen LogP) is 2.78. The van der Waals surface area contributed by atoms with Gasteiger partial charge in [-0.05, 0) is 48.9 Å². The van der Waals surface area contributed by atoms with Gasteiger partial charge in [0.15, 0.2) is 14.9 Å². The minimum atomic E-state index is -3.83. The van der Waals surface area contributed by atoms with Gasteiger partial charge in [-0.3, -0.25) is 14.6 Å². The summed E-state index contributed by atoms with van der Waals surface area (Å²) >= 11 is 0. The van der Waals surface area contributed by atoms with Crippen molar-refractivity contribution < 1.29 is 27.1 Å². The Kier molecular flexibility index (Phi) is 7.06. The minimum Gasteiger partial charge on any atom is -0.469 e. The Balaban J connectivity index is 1.55. The number of methoxy groups -OCH3 is 1. The second kappa shape index (κ2) is 10.2. The SMILES string of the molecule is COC(=O)CCS(=O)(=O)c1cc([C@H](C)NC(=O)c2cncc3c2cnn3-c2ccc(F)cc2)ccn1. The molecule has 0 saturated carbocycles. The lowest BCUT2D eigenvalue weighted by Gasteiger charge is -2.15. The molecule has 0 aliphatic rings. The molecule has 3 heterocycles. The van der Waals surface area contributed by atoms with Gasteiger partial charge in [0.25, 0.3) is 5.91 Å². The molecule has 4 rings (SSSR count). The van der Waals surface area contributed by atoms with E-state index < -0.39 is 33.5 Å². The number of amides is 1. The van der Waals surface area contributed by atoms with Crippen molar-refractivity contribution in [1.29, 1.82) is 0 Å². The van der Waals surface area contributed by atoms with Gasteiger partial charge in [0.05, 0.1) is 54.5 Å². The van der Waals surface area contributed by atoms with Crippen molar-refractivity contribution >= 4 is 32.6 Å². The van der Waals surface area contributed by atoms with Gasteiger partial charge >= 0.3 is 5.97 Å². The van der Waals surface area contributed by atoms with E-state index in [1.807, 2.05) is 0 Å². The summed E-state index contributed by atoms with van der Waals surface area (Å²) in [5.41, 5.74) is 1.95. The Bertz CT molecular complexity index is 1540. The van der Waals surface area contributed by atoms with Crippen molar-refractivity contribution in [3.8, 4) is 5.69 Å². The van der Waals surface area contributed by atoms with Crippen LogP contribution in [0.1, 0.15) is 35.3 Å². The number of esters is 1. The van der Waals surface area contributed by atoms with Crippen LogP contribution in [0.15, 0.2) is 66.2 Å². The largest absolute Gasteiger partial charge is 0.469 e. The Hall–Kier alpha value is -4.19. The van der Waals surface area contributed by atoms with Gasteiger partial charge in [-0.2, -0.15) is 5.10 Å². The van der Waals surface area contributed by atoms with E-state index >= 15 is 0 Å². The summed E-state index contributed by atoms with van der Waals surface area (Å²) in [6.07, 6.45) is 5.53. The third kappa shape index (κ3) is 5.23. The molecule has 0 bridgehead atoms. The lowest BCUT2D eigenvalue weighted by molar-refractivity contribution is -0.140. The van der Waals surface area contributed by atoms with E-state index in [9.17, 15) is 22.4 Å². The molecule has 0 spiro atoms. The first-order valence-electron chi connectivity index (χ1n) is 10.8. The number of carbonyl (C=O) groups excluding carboxylic acids is 2. The van der Waals surface area contributed by atoms with E-state index in [4.69, 9.17) is 0 Å². The van der Waals surface area contributed by atoms with E-state index in [0.29, 0.717) is 22.2 Å². The zero-order valence-electron chi connectivity index (χ0n) is 19.4. The first-order valence-corrected chi connectivity index (χ1v) is 12.5. The maximum Gasteiger partial charge on any atom is 0.306 e. The smallest absolute Gasteiger partial charge is 0.306 e. The number of carbonyl (C=O) groups is 2. The van der Waals surface area contributed by atoms with Crippen LogP contribution in [0.2, 0.25) is 0 Å². The number of aromatic nitrogens is 4. The van der Waals surface area contributed by atoms with Gasteiger partial charge in [0, 0.05) is 17.8 Å². The molecule has 1 aromatic carbocycles. The molecule has 4 aromatic rings. The lowest BCUT2D eigenvalue weighted by Crippen LogP contribution is -2.27. The Morgan fingerprint density at radius 1 is 1.14 bits per heavy atom. The summed E-state index contributed by atoms with van der Waals surface area (Å²) < 4.78 is 44.5. The summed E-state index contributed by atoms with van der Waals surface area (Å²) in [4.78, 5) is 32.5. The number of pyridine rings is 2. The van der Waals surface area contributed by atoms with E-state index in [2.05, 4.69) is 25.1 Å². The third-order valence-corrected chi connectivity index (χ3v) is 7.14. The number of rotatable bonds is 8. The summed E-state index contributed by atoms with van der Waals surface area (Å²) in [6, 6.07) is 8.14. The summed E-state index contributed by atoms with van der Waals surface area (Å²) in [7, 11) is -2.64. The molecular weight excluding hydrogens is 489 g/mol. The fourth-order valence-corrected chi connectivity index (χ4v) is 4.74. The number of fused-ring (bicyclic) bond motifs is 1. The van der Waals surface area contributed by atoms with E-state index in [1.165, 1.54) is 43.9 Å². The first-order chi connectivity index (χ1) is 17.2. The van der Waals surface area contributed by atoms with Crippen molar-refractivity contribution in [3.05, 3.63) is 78.1 Å². The molecule has 0 aliphatic carbocycles. The average molecular weight is 512 g/mol. The Morgan fingerprint density at radius 2 is 1.89 bits per heavy atom. The molecule has 186 valence electrons. The zero-order valence-corrected chi connectivity index (χ0v) is 20.2. The van der Waals surface area contributed by atoms with Crippen molar-refractivity contribution in [2.24, 2.45) is 0 Å². The quantitative estimate of drug-likeness (QED) is 0.357. The number of hydrogen-bond donors (Lipinski definition) is 1. The van der Waals surface area contributed by atoms with Gasteiger partial charge in [-0.15, -0.1) is 0 Å². The van der Waals surface area contributed by atoms with Crippen LogP contribution in [0, 0.1) is 5.82 Å². The van der Waals surface area contributed by atoms with Crippen molar-refractivity contribution in [1.82, 2.24) is 25.1 Å². The molecule has 36 heavy (non-hydrogen) atoms. The van der Waals surface area contributed by atoms with Crippen LogP contribution in [0.5, 0.6) is 0 Å². The maximum atomic E-state index is 13.3. The van der Waals surface area contributed by atoms with Crippen LogP contribution >= 0.6 is 0 Å². The Labute approximate surface area is 206 Å². The molecule has 0 aliphatic heterocycles. The van der Waals surface area contributed by atoms with Gasteiger partial charge in [-0.1, -0.05) is 0 Å². The first kappa shape index (κ1) is 24.9. The predicted molar refractivity (Wildman–Crippen MR) is 128 cm³/mol. The van der Waals surface area contributed by atoms with Crippen molar-refractivity contribution in [2.75, 3.05) is 12.9 Å². The summed E-state index contributed by atoms with van der Waals surface area (Å²) in [6.45, 7) is 1.70. The monoisotopic (exact) mass is 511 g/mol. The Morgan fingerprint density at radius 3 is 2.61 bits per heavy atom. The molecule has 0 radical (unpaired) electrons. The van der Waals surface area contributed by atoms with Gasteiger partial charge < -0.3 is 10.1 Å². The highest BCUT2D eigenvalue weighted by Gasteiger charge is 2.21. The molecule has 1 N–H and O–H groups in total. The fourth-order valence-electron chi connectivity index (χ4n) is 3.56. The maximum absolute atomic E-state index is 13.3. The normalized spacial score (nSPS) is 12.3. The van der Waals surface area contributed by atoms with Crippen LogP contribution in [0.25, 0.3) is 16.6 Å². The van der Waals surface area contributed by atoms with Gasteiger partial charge in [0.2, 0.25) is 0 Å². The second-order valence-electron chi connectivity index (χ2n) is 7.92. The van der Waals surface area contributed by atoms with Crippen LogP contribution in [0.4, 0.5) is 4.39 Å². The molecule has 0 saturated heterocycles. The second-order valence-corrected chi connectivity index (χ2v) is 9.98.